The quantitative estimate of drug-likeness (QED) is 0.716. The van der Waals surface area contributed by atoms with E-state index in [1.165, 1.54) is 11.0 Å². The van der Waals surface area contributed by atoms with E-state index in [4.69, 9.17) is 4.74 Å². The summed E-state index contributed by atoms with van der Waals surface area (Å²) >= 11 is 1.82. The zero-order valence-electron chi connectivity index (χ0n) is 16.3. The number of likely N-dealkylation sites (tertiary alicyclic amines) is 1. The molecule has 0 bridgehead atoms. The Labute approximate surface area is 164 Å². The number of rotatable bonds is 6. The standard InChI is InChI=1S/C21H26N2O3S/c1-14(2)27-19-7-5-16(6-8-19)10-21(25)23-12-18(13-23)26-17-9-15(3)22(4)20(24)11-17/h5-9,11,14,18H,10,12-13H2,1-4H3. The Morgan fingerprint density at radius 1 is 1.22 bits per heavy atom. The number of thioether (sulfide) groups is 1. The fraction of sp³-hybridized carbons (Fsp3) is 0.429. The van der Waals surface area contributed by atoms with Crippen LogP contribution < -0.4 is 10.3 Å². The van der Waals surface area contributed by atoms with E-state index < -0.39 is 0 Å². The first-order valence-corrected chi connectivity index (χ1v) is 10.1. The van der Waals surface area contributed by atoms with Gasteiger partial charge in [0.15, 0.2) is 0 Å². The van der Waals surface area contributed by atoms with Gasteiger partial charge in [0, 0.05) is 29.0 Å². The number of amides is 1. The van der Waals surface area contributed by atoms with E-state index in [-0.39, 0.29) is 17.6 Å². The Morgan fingerprint density at radius 2 is 1.89 bits per heavy atom. The number of nitrogens with zero attached hydrogens (tertiary/aromatic N) is 2. The van der Waals surface area contributed by atoms with Crippen molar-refractivity contribution in [3.63, 3.8) is 0 Å². The van der Waals surface area contributed by atoms with Crippen LogP contribution in [0.2, 0.25) is 0 Å². The molecule has 0 N–H and O–H groups in total. The summed E-state index contributed by atoms with van der Waals surface area (Å²) in [5.74, 6) is 0.685. The van der Waals surface area contributed by atoms with E-state index in [9.17, 15) is 9.59 Å². The Hall–Kier alpha value is -2.21. The number of ether oxygens (including phenoxy) is 1. The van der Waals surface area contributed by atoms with Crippen LogP contribution in [0.15, 0.2) is 46.1 Å². The predicted octanol–water partition coefficient (Wildman–Crippen LogP) is 3.03. The molecule has 0 atom stereocenters. The molecule has 144 valence electrons. The van der Waals surface area contributed by atoms with Gasteiger partial charge >= 0.3 is 0 Å². The smallest absolute Gasteiger partial charge is 0.254 e. The summed E-state index contributed by atoms with van der Waals surface area (Å²) in [6.07, 6.45) is 0.356. The van der Waals surface area contributed by atoms with Crippen molar-refractivity contribution in [3.05, 3.63) is 58.0 Å². The molecule has 1 aromatic carbocycles. The van der Waals surface area contributed by atoms with Crippen molar-refractivity contribution < 1.29 is 9.53 Å². The highest BCUT2D eigenvalue weighted by atomic mass is 32.2. The number of hydrogen-bond acceptors (Lipinski definition) is 4. The molecule has 0 aliphatic carbocycles. The summed E-state index contributed by atoms with van der Waals surface area (Å²) in [5.41, 5.74) is 1.79. The lowest BCUT2D eigenvalue weighted by Crippen LogP contribution is -2.56. The molecule has 1 aliphatic heterocycles. The summed E-state index contributed by atoms with van der Waals surface area (Å²) < 4.78 is 7.42. The lowest BCUT2D eigenvalue weighted by Gasteiger charge is -2.39. The maximum absolute atomic E-state index is 12.4. The zero-order chi connectivity index (χ0) is 19.6. The molecule has 0 radical (unpaired) electrons. The Kier molecular flexibility index (Phi) is 5.95. The minimum atomic E-state index is -0.0867. The molecule has 27 heavy (non-hydrogen) atoms. The van der Waals surface area contributed by atoms with E-state index in [1.54, 1.807) is 16.5 Å². The van der Waals surface area contributed by atoms with Gasteiger partial charge in [-0.25, -0.2) is 0 Å². The van der Waals surface area contributed by atoms with Crippen molar-refractivity contribution in [2.45, 2.75) is 43.4 Å². The number of aromatic nitrogens is 1. The summed E-state index contributed by atoms with van der Waals surface area (Å²) in [7, 11) is 1.74. The van der Waals surface area contributed by atoms with Gasteiger partial charge in [0.25, 0.3) is 5.56 Å². The highest BCUT2D eigenvalue weighted by Crippen LogP contribution is 2.23. The van der Waals surface area contributed by atoms with Gasteiger partial charge in [-0.1, -0.05) is 26.0 Å². The van der Waals surface area contributed by atoms with Gasteiger partial charge in [-0.05, 0) is 30.7 Å². The fourth-order valence-electron chi connectivity index (χ4n) is 2.96. The van der Waals surface area contributed by atoms with Crippen molar-refractivity contribution in [2.24, 2.45) is 7.05 Å². The molecular formula is C21H26N2O3S. The Bertz CT molecular complexity index is 868. The van der Waals surface area contributed by atoms with Gasteiger partial charge in [-0.3, -0.25) is 9.59 Å². The summed E-state index contributed by atoms with van der Waals surface area (Å²) in [6.45, 7) is 7.33. The third kappa shape index (κ3) is 4.95. The van der Waals surface area contributed by atoms with Crippen molar-refractivity contribution in [1.82, 2.24) is 9.47 Å². The molecule has 2 heterocycles. The normalized spacial score (nSPS) is 14.3. The highest BCUT2D eigenvalue weighted by molar-refractivity contribution is 7.99. The van der Waals surface area contributed by atoms with Crippen LogP contribution in [0.5, 0.6) is 5.75 Å². The van der Waals surface area contributed by atoms with E-state index >= 15 is 0 Å². The number of aryl methyl sites for hydroxylation is 1. The largest absolute Gasteiger partial charge is 0.486 e. The van der Waals surface area contributed by atoms with E-state index in [2.05, 4.69) is 26.0 Å². The number of carbonyl (C=O) groups excluding carboxylic acids is 1. The van der Waals surface area contributed by atoms with Crippen LogP contribution in [0.1, 0.15) is 25.1 Å². The first kappa shape index (κ1) is 19.5. The molecule has 6 heteroatoms. The van der Waals surface area contributed by atoms with E-state index in [1.807, 2.05) is 36.9 Å². The van der Waals surface area contributed by atoms with Crippen molar-refractivity contribution in [3.8, 4) is 5.75 Å². The molecule has 3 rings (SSSR count). The molecule has 1 aromatic heterocycles. The molecule has 5 nitrogen and oxygen atoms in total. The number of hydrogen-bond donors (Lipinski definition) is 0. The topological polar surface area (TPSA) is 51.5 Å². The van der Waals surface area contributed by atoms with E-state index in [0.29, 0.717) is 30.5 Å². The van der Waals surface area contributed by atoms with Crippen LogP contribution >= 0.6 is 11.8 Å². The summed E-state index contributed by atoms with van der Waals surface area (Å²) in [5, 5.41) is 0.545. The summed E-state index contributed by atoms with van der Waals surface area (Å²) in [6, 6.07) is 11.6. The minimum Gasteiger partial charge on any atom is -0.486 e. The Morgan fingerprint density at radius 3 is 2.48 bits per heavy atom. The third-order valence-electron chi connectivity index (χ3n) is 4.63. The minimum absolute atomic E-state index is 0.0507. The van der Waals surface area contributed by atoms with Crippen LogP contribution in [-0.4, -0.2) is 39.8 Å². The second-order valence-corrected chi connectivity index (χ2v) is 8.91. The van der Waals surface area contributed by atoms with Gasteiger partial charge in [0.2, 0.25) is 5.91 Å². The molecule has 0 spiro atoms. The average Bonchev–Trinajstić information content (AvgIpc) is 2.56. The number of benzene rings is 1. The predicted molar refractivity (Wildman–Crippen MR) is 109 cm³/mol. The zero-order valence-corrected chi connectivity index (χ0v) is 17.1. The van der Waals surface area contributed by atoms with Gasteiger partial charge in [0.05, 0.1) is 19.5 Å². The van der Waals surface area contributed by atoms with Crippen molar-refractivity contribution in [1.29, 1.82) is 0 Å². The highest BCUT2D eigenvalue weighted by Gasteiger charge is 2.32. The van der Waals surface area contributed by atoms with Gasteiger partial charge in [0.1, 0.15) is 11.9 Å². The van der Waals surface area contributed by atoms with Crippen LogP contribution in [0, 0.1) is 6.92 Å². The maximum Gasteiger partial charge on any atom is 0.254 e. The van der Waals surface area contributed by atoms with Gasteiger partial charge in [-0.2, -0.15) is 0 Å². The average molecular weight is 387 g/mol. The van der Waals surface area contributed by atoms with E-state index in [0.717, 1.165) is 11.3 Å². The molecule has 1 amide bonds. The molecule has 1 saturated heterocycles. The summed E-state index contributed by atoms with van der Waals surface area (Å²) in [4.78, 5) is 27.3. The number of pyridine rings is 1. The van der Waals surface area contributed by atoms with Crippen LogP contribution in [-0.2, 0) is 18.3 Å². The lowest BCUT2D eigenvalue weighted by atomic mass is 10.1. The van der Waals surface area contributed by atoms with Gasteiger partial charge in [-0.15, -0.1) is 11.8 Å². The third-order valence-corrected chi connectivity index (χ3v) is 5.65. The lowest BCUT2D eigenvalue weighted by molar-refractivity contribution is -0.139. The first-order valence-electron chi connectivity index (χ1n) is 9.19. The maximum atomic E-state index is 12.4. The van der Waals surface area contributed by atoms with Crippen molar-refractivity contribution in [2.75, 3.05) is 13.1 Å². The number of carbonyl (C=O) groups is 1. The monoisotopic (exact) mass is 386 g/mol. The second kappa shape index (κ2) is 8.21. The molecular weight excluding hydrogens is 360 g/mol. The molecule has 1 aliphatic rings. The van der Waals surface area contributed by atoms with Crippen LogP contribution in [0.3, 0.4) is 0 Å². The SMILES string of the molecule is Cc1cc(OC2CN(C(=O)Cc3ccc(SC(C)C)cc3)C2)cc(=O)n1C. The van der Waals surface area contributed by atoms with Crippen molar-refractivity contribution >= 4 is 17.7 Å². The fourth-order valence-corrected chi connectivity index (χ4v) is 3.80. The van der Waals surface area contributed by atoms with Gasteiger partial charge < -0.3 is 14.2 Å². The second-order valence-electron chi connectivity index (χ2n) is 7.26. The molecule has 1 fully saturated rings. The molecule has 2 aromatic rings. The Balaban J connectivity index is 1.49. The first-order chi connectivity index (χ1) is 12.8. The molecule has 0 unspecified atom stereocenters. The van der Waals surface area contributed by atoms with Crippen LogP contribution in [0.25, 0.3) is 0 Å². The molecule has 0 saturated carbocycles. The van der Waals surface area contributed by atoms with Crippen LogP contribution in [0.4, 0.5) is 0 Å².